The number of likely N-dealkylation sites (tertiary alicyclic amines) is 1. The summed E-state index contributed by atoms with van der Waals surface area (Å²) in [6.45, 7) is 2.78. The molecule has 1 aromatic carbocycles. The van der Waals surface area contributed by atoms with Crippen molar-refractivity contribution in [3.63, 3.8) is 0 Å². The van der Waals surface area contributed by atoms with Crippen LogP contribution in [0, 0.1) is 5.82 Å². The summed E-state index contributed by atoms with van der Waals surface area (Å²) in [6.07, 6.45) is 1.70. The van der Waals surface area contributed by atoms with Crippen molar-refractivity contribution in [2.45, 2.75) is 25.9 Å². The van der Waals surface area contributed by atoms with Crippen LogP contribution in [0.15, 0.2) is 16.6 Å². The second-order valence-corrected chi connectivity index (χ2v) is 5.57. The second kappa shape index (κ2) is 6.35. The van der Waals surface area contributed by atoms with Crippen LogP contribution in [-0.2, 0) is 4.79 Å². The van der Waals surface area contributed by atoms with Gasteiger partial charge in [0, 0.05) is 32.9 Å². The van der Waals surface area contributed by atoms with Crippen molar-refractivity contribution < 1.29 is 18.7 Å². The molecule has 0 spiro atoms. The molecule has 0 aliphatic carbocycles. The van der Waals surface area contributed by atoms with Crippen LogP contribution in [0.1, 0.15) is 30.1 Å². The molecule has 0 aromatic heterocycles. The van der Waals surface area contributed by atoms with Gasteiger partial charge in [0.1, 0.15) is 11.9 Å². The maximum Gasteiger partial charge on any atom is 0.219 e. The predicted octanol–water partition coefficient (Wildman–Crippen LogP) is 2.79. The molecule has 6 heteroatoms. The minimum atomic E-state index is -0.612. The molecule has 1 heterocycles. The molecule has 0 N–H and O–H groups in total. The summed E-state index contributed by atoms with van der Waals surface area (Å²) in [4.78, 5) is 24.0. The van der Waals surface area contributed by atoms with Crippen molar-refractivity contribution in [3.05, 3.63) is 28.0 Å². The van der Waals surface area contributed by atoms with Crippen LogP contribution < -0.4 is 4.74 Å². The van der Waals surface area contributed by atoms with Gasteiger partial charge in [0.25, 0.3) is 0 Å². The smallest absolute Gasteiger partial charge is 0.219 e. The lowest BCUT2D eigenvalue weighted by Crippen LogP contribution is -2.40. The largest absolute Gasteiger partial charge is 0.489 e. The highest BCUT2D eigenvalue weighted by Crippen LogP contribution is 2.28. The Morgan fingerprint density at radius 2 is 2.10 bits per heavy atom. The Kier molecular flexibility index (Phi) is 4.75. The zero-order chi connectivity index (χ0) is 14.7. The van der Waals surface area contributed by atoms with E-state index in [4.69, 9.17) is 4.74 Å². The van der Waals surface area contributed by atoms with E-state index < -0.39 is 5.82 Å². The molecule has 1 fully saturated rings. The number of aldehydes is 1. The van der Waals surface area contributed by atoms with E-state index >= 15 is 0 Å². The number of piperidine rings is 1. The van der Waals surface area contributed by atoms with Gasteiger partial charge in [-0.25, -0.2) is 4.39 Å². The summed E-state index contributed by atoms with van der Waals surface area (Å²) < 4.78 is 19.7. The maximum absolute atomic E-state index is 13.8. The number of benzene rings is 1. The molecule has 0 atom stereocenters. The molecule has 0 radical (unpaired) electrons. The second-order valence-electron chi connectivity index (χ2n) is 4.71. The van der Waals surface area contributed by atoms with Gasteiger partial charge in [0.2, 0.25) is 5.91 Å². The normalized spacial score (nSPS) is 16.1. The fourth-order valence-electron chi connectivity index (χ4n) is 2.23. The number of carbonyl (C=O) groups is 2. The molecule has 0 saturated carbocycles. The molecule has 1 aliphatic heterocycles. The average molecular weight is 344 g/mol. The van der Waals surface area contributed by atoms with Gasteiger partial charge in [-0.05, 0) is 28.1 Å². The fourth-order valence-corrected chi connectivity index (χ4v) is 2.58. The topological polar surface area (TPSA) is 46.6 Å². The van der Waals surface area contributed by atoms with Crippen LogP contribution in [0.25, 0.3) is 0 Å². The summed E-state index contributed by atoms with van der Waals surface area (Å²) >= 11 is 3.04. The van der Waals surface area contributed by atoms with Gasteiger partial charge in [-0.2, -0.15) is 0 Å². The number of ether oxygens (including phenoxy) is 1. The highest BCUT2D eigenvalue weighted by atomic mass is 79.9. The molecule has 2 rings (SSSR count). The molecular weight excluding hydrogens is 329 g/mol. The SMILES string of the molecule is CC(=O)N1CCC(Oc2ccc(Br)c(F)c2C=O)CC1. The Balaban J connectivity index is 2.07. The van der Waals surface area contributed by atoms with Gasteiger partial charge in [-0.3, -0.25) is 9.59 Å². The third kappa shape index (κ3) is 3.17. The standard InChI is InChI=1S/C14H15BrFNO3/c1-9(19)17-6-4-10(5-7-17)20-13-3-2-12(15)14(16)11(13)8-18/h2-3,8,10H,4-7H2,1H3. The van der Waals surface area contributed by atoms with Gasteiger partial charge in [-0.1, -0.05) is 0 Å². The fraction of sp³-hybridized carbons (Fsp3) is 0.429. The highest BCUT2D eigenvalue weighted by molar-refractivity contribution is 9.10. The minimum Gasteiger partial charge on any atom is -0.489 e. The number of halogens is 2. The van der Waals surface area contributed by atoms with Crippen LogP contribution in [-0.4, -0.2) is 36.3 Å². The summed E-state index contributed by atoms with van der Waals surface area (Å²) in [5.74, 6) is -0.313. The van der Waals surface area contributed by atoms with Crippen LogP contribution in [0.2, 0.25) is 0 Å². The van der Waals surface area contributed by atoms with E-state index in [1.165, 1.54) is 13.0 Å². The van der Waals surface area contributed by atoms with E-state index in [1.807, 2.05) is 0 Å². The Labute approximate surface area is 125 Å². The van der Waals surface area contributed by atoms with Crippen molar-refractivity contribution in [3.8, 4) is 5.75 Å². The summed E-state index contributed by atoms with van der Waals surface area (Å²) in [5, 5.41) is 0. The van der Waals surface area contributed by atoms with Crippen molar-refractivity contribution in [2.75, 3.05) is 13.1 Å². The maximum atomic E-state index is 13.8. The quantitative estimate of drug-likeness (QED) is 0.793. The zero-order valence-electron chi connectivity index (χ0n) is 11.1. The van der Waals surface area contributed by atoms with Gasteiger partial charge >= 0.3 is 0 Å². The summed E-state index contributed by atoms with van der Waals surface area (Å²) in [6, 6.07) is 3.09. The first-order valence-corrected chi connectivity index (χ1v) is 7.17. The molecule has 1 aromatic rings. The third-order valence-corrected chi connectivity index (χ3v) is 4.00. The van der Waals surface area contributed by atoms with E-state index in [2.05, 4.69) is 15.9 Å². The number of nitrogens with zero attached hydrogens (tertiary/aromatic N) is 1. The molecule has 1 aliphatic rings. The van der Waals surface area contributed by atoms with Gasteiger partial charge < -0.3 is 9.64 Å². The van der Waals surface area contributed by atoms with Crippen LogP contribution in [0.3, 0.4) is 0 Å². The Bertz CT molecular complexity index is 527. The zero-order valence-corrected chi connectivity index (χ0v) is 12.7. The lowest BCUT2D eigenvalue weighted by Gasteiger charge is -2.31. The van der Waals surface area contributed by atoms with Gasteiger partial charge in [0.15, 0.2) is 12.1 Å². The van der Waals surface area contributed by atoms with Crippen molar-refractivity contribution in [1.29, 1.82) is 0 Å². The molecule has 0 bridgehead atoms. The summed E-state index contributed by atoms with van der Waals surface area (Å²) in [5.41, 5.74) is -0.0756. The molecule has 1 amide bonds. The average Bonchev–Trinajstić information content (AvgIpc) is 2.44. The Hall–Kier alpha value is -1.43. The number of hydrogen-bond donors (Lipinski definition) is 0. The Morgan fingerprint density at radius 1 is 1.45 bits per heavy atom. The van der Waals surface area contributed by atoms with E-state index in [0.717, 1.165) is 0 Å². The first-order chi connectivity index (χ1) is 9.52. The van der Waals surface area contributed by atoms with Crippen LogP contribution in [0.4, 0.5) is 4.39 Å². The van der Waals surface area contributed by atoms with Crippen molar-refractivity contribution >= 4 is 28.1 Å². The van der Waals surface area contributed by atoms with E-state index in [1.54, 1.807) is 11.0 Å². The lowest BCUT2D eigenvalue weighted by molar-refractivity contribution is -0.130. The van der Waals surface area contributed by atoms with E-state index in [0.29, 0.717) is 32.2 Å². The molecular formula is C14H15BrFNO3. The van der Waals surface area contributed by atoms with Crippen molar-refractivity contribution in [2.24, 2.45) is 0 Å². The van der Waals surface area contributed by atoms with Crippen molar-refractivity contribution in [1.82, 2.24) is 4.90 Å². The molecule has 0 unspecified atom stereocenters. The Morgan fingerprint density at radius 3 is 2.65 bits per heavy atom. The lowest BCUT2D eigenvalue weighted by atomic mass is 10.1. The predicted molar refractivity (Wildman–Crippen MR) is 75.4 cm³/mol. The number of rotatable bonds is 3. The van der Waals surface area contributed by atoms with E-state index in [9.17, 15) is 14.0 Å². The first kappa shape index (κ1) is 15.0. The summed E-state index contributed by atoms with van der Waals surface area (Å²) in [7, 11) is 0. The van der Waals surface area contributed by atoms with Crippen LogP contribution in [0.5, 0.6) is 5.75 Å². The first-order valence-electron chi connectivity index (χ1n) is 6.38. The highest BCUT2D eigenvalue weighted by Gasteiger charge is 2.23. The van der Waals surface area contributed by atoms with Gasteiger partial charge in [-0.15, -0.1) is 0 Å². The van der Waals surface area contributed by atoms with Gasteiger partial charge in [0.05, 0.1) is 10.0 Å². The molecule has 20 heavy (non-hydrogen) atoms. The number of carbonyl (C=O) groups excluding carboxylic acids is 2. The number of hydrogen-bond acceptors (Lipinski definition) is 3. The molecule has 1 saturated heterocycles. The minimum absolute atomic E-state index is 0.0479. The molecule has 4 nitrogen and oxygen atoms in total. The van der Waals surface area contributed by atoms with E-state index in [-0.39, 0.29) is 27.8 Å². The van der Waals surface area contributed by atoms with Crippen LogP contribution >= 0.6 is 15.9 Å². The molecule has 108 valence electrons. The number of amides is 1. The third-order valence-electron chi connectivity index (χ3n) is 3.39. The monoisotopic (exact) mass is 343 g/mol.